The molecule has 0 aromatic carbocycles. The topological polar surface area (TPSA) is 69.7 Å². The summed E-state index contributed by atoms with van der Waals surface area (Å²) >= 11 is 0. The molecule has 5 heteroatoms. The van der Waals surface area contributed by atoms with Gasteiger partial charge in [0.2, 0.25) is 0 Å². The number of ether oxygens (including phenoxy) is 2. The minimum Gasteiger partial charge on any atom is -0.431 e. The van der Waals surface area contributed by atoms with Crippen LogP contribution in [0, 0.1) is 0 Å². The van der Waals surface area contributed by atoms with Gasteiger partial charge in [-0.25, -0.2) is 14.4 Å². The van der Waals surface area contributed by atoms with Crippen LogP contribution in [0.15, 0.2) is 36.6 Å². The van der Waals surface area contributed by atoms with E-state index in [9.17, 15) is 14.4 Å². The molecule has 0 saturated carbocycles. The van der Waals surface area contributed by atoms with E-state index in [0.29, 0.717) is 0 Å². The molecule has 0 atom stereocenters. The molecule has 0 spiro atoms. The van der Waals surface area contributed by atoms with Gasteiger partial charge < -0.3 is 9.47 Å². The molecule has 0 rings (SSSR count). The Morgan fingerprint density at radius 2 is 1.69 bits per heavy atom. The van der Waals surface area contributed by atoms with E-state index in [0.717, 1.165) is 12.3 Å². The van der Waals surface area contributed by atoms with Crippen molar-refractivity contribution in [2.75, 3.05) is 0 Å². The summed E-state index contributed by atoms with van der Waals surface area (Å²) in [6.45, 7) is 9.23. The molecule has 0 radical (unpaired) electrons. The lowest BCUT2D eigenvalue weighted by Crippen LogP contribution is -2.14. The van der Waals surface area contributed by atoms with Crippen molar-refractivity contribution in [1.82, 2.24) is 0 Å². The second-order valence-corrected chi connectivity index (χ2v) is 2.90. The normalized spacial score (nSPS) is 10.2. The standard InChI is InChI=1S/C11H12O5/c1-5-9(12)15-6-8(4)11(14)16-10(13)7(2)3/h5-6H,1-2H2,3-4H3. The monoisotopic (exact) mass is 224 g/mol. The van der Waals surface area contributed by atoms with Gasteiger partial charge in [0.15, 0.2) is 0 Å². The average molecular weight is 224 g/mol. The van der Waals surface area contributed by atoms with Crippen molar-refractivity contribution in [3.8, 4) is 0 Å². The number of hydrogen-bond acceptors (Lipinski definition) is 5. The van der Waals surface area contributed by atoms with Crippen LogP contribution in [-0.2, 0) is 23.9 Å². The van der Waals surface area contributed by atoms with Gasteiger partial charge in [0.05, 0.1) is 5.57 Å². The van der Waals surface area contributed by atoms with E-state index >= 15 is 0 Å². The van der Waals surface area contributed by atoms with Crippen LogP contribution in [0.2, 0.25) is 0 Å². The zero-order chi connectivity index (χ0) is 12.7. The summed E-state index contributed by atoms with van der Waals surface area (Å²) in [5.74, 6) is -2.43. The molecule has 0 heterocycles. The van der Waals surface area contributed by atoms with E-state index < -0.39 is 17.9 Å². The van der Waals surface area contributed by atoms with E-state index in [2.05, 4.69) is 22.6 Å². The van der Waals surface area contributed by atoms with Gasteiger partial charge in [0.1, 0.15) is 6.26 Å². The van der Waals surface area contributed by atoms with Gasteiger partial charge >= 0.3 is 17.9 Å². The molecule has 0 saturated heterocycles. The first-order chi connectivity index (χ1) is 7.38. The lowest BCUT2D eigenvalue weighted by molar-refractivity contribution is -0.154. The maximum absolute atomic E-state index is 11.2. The van der Waals surface area contributed by atoms with Gasteiger partial charge in [-0.1, -0.05) is 13.2 Å². The smallest absolute Gasteiger partial charge is 0.344 e. The molecule has 0 bridgehead atoms. The lowest BCUT2D eigenvalue weighted by Gasteiger charge is -2.01. The molecule has 0 aliphatic heterocycles. The molecule has 86 valence electrons. The fourth-order valence-corrected chi connectivity index (χ4v) is 0.494. The Bertz CT molecular complexity index is 376. The van der Waals surface area contributed by atoms with E-state index in [-0.39, 0.29) is 11.1 Å². The molecule has 0 fully saturated rings. The summed E-state index contributed by atoms with van der Waals surface area (Å²) < 4.78 is 8.84. The second kappa shape index (κ2) is 6.34. The predicted molar refractivity (Wildman–Crippen MR) is 56.0 cm³/mol. The molecule has 0 unspecified atom stereocenters. The van der Waals surface area contributed by atoms with E-state index in [1.165, 1.54) is 13.8 Å². The molecule has 0 N–H and O–H groups in total. The van der Waals surface area contributed by atoms with Crippen molar-refractivity contribution >= 4 is 17.9 Å². The van der Waals surface area contributed by atoms with Crippen molar-refractivity contribution in [2.45, 2.75) is 13.8 Å². The fraction of sp³-hybridized carbons (Fsp3) is 0.182. The number of carbonyl (C=O) groups excluding carboxylic acids is 3. The summed E-state index contributed by atoms with van der Waals surface area (Å²) in [4.78, 5) is 32.8. The summed E-state index contributed by atoms with van der Waals surface area (Å²) in [5, 5.41) is 0. The van der Waals surface area contributed by atoms with Gasteiger partial charge in [0, 0.05) is 11.6 Å². The zero-order valence-corrected chi connectivity index (χ0v) is 9.11. The van der Waals surface area contributed by atoms with Gasteiger partial charge in [-0.3, -0.25) is 0 Å². The first-order valence-electron chi connectivity index (χ1n) is 4.30. The van der Waals surface area contributed by atoms with Crippen LogP contribution in [0.25, 0.3) is 0 Å². The minimum atomic E-state index is -0.898. The predicted octanol–water partition coefficient (Wildman–Crippen LogP) is 1.27. The quantitative estimate of drug-likeness (QED) is 0.311. The third-order valence-electron chi connectivity index (χ3n) is 1.37. The highest BCUT2D eigenvalue weighted by Crippen LogP contribution is 2.01. The zero-order valence-electron chi connectivity index (χ0n) is 9.11. The average Bonchev–Trinajstić information content (AvgIpc) is 2.24. The van der Waals surface area contributed by atoms with Crippen LogP contribution in [0.1, 0.15) is 13.8 Å². The fourth-order valence-electron chi connectivity index (χ4n) is 0.494. The largest absolute Gasteiger partial charge is 0.431 e. The van der Waals surface area contributed by atoms with Crippen LogP contribution in [0.5, 0.6) is 0 Å². The highest BCUT2D eigenvalue weighted by molar-refractivity contribution is 6.01. The van der Waals surface area contributed by atoms with Gasteiger partial charge in [-0.15, -0.1) is 0 Å². The molecule has 0 amide bonds. The summed E-state index contributed by atoms with van der Waals surface area (Å²) in [6.07, 6.45) is 1.83. The second-order valence-electron chi connectivity index (χ2n) is 2.90. The third-order valence-corrected chi connectivity index (χ3v) is 1.37. The third kappa shape index (κ3) is 4.90. The SMILES string of the molecule is C=CC(=O)OC=C(C)C(=O)OC(=O)C(=C)C. The Balaban J connectivity index is 4.39. The molecule has 0 aromatic rings. The van der Waals surface area contributed by atoms with Crippen LogP contribution in [-0.4, -0.2) is 17.9 Å². The van der Waals surface area contributed by atoms with Crippen molar-refractivity contribution in [2.24, 2.45) is 0 Å². The van der Waals surface area contributed by atoms with Crippen LogP contribution in [0.3, 0.4) is 0 Å². The van der Waals surface area contributed by atoms with E-state index in [4.69, 9.17) is 0 Å². The summed E-state index contributed by atoms with van der Waals surface area (Å²) in [6, 6.07) is 0. The van der Waals surface area contributed by atoms with E-state index in [1.54, 1.807) is 0 Å². The van der Waals surface area contributed by atoms with Gasteiger partial charge in [0.25, 0.3) is 0 Å². The van der Waals surface area contributed by atoms with Crippen molar-refractivity contribution in [3.05, 3.63) is 36.6 Å². The molecule has 0 aliphatic rings. The van der Waals surface area contributed by atoms with Crippen LogP contribution in [0.4, 0.5) is 0 Å². The number of rotatable bonds is 4. The highest BCUT2D eigenvalue weighted by Gasteiger charge is 2.13. The number of carbonyl (C=O) groups is 3. The maximum Gasteiger partial charge on any atom is 0.344 e. The van der Waals surface area contributed by atoms with Crippen molar-refractivity contribution in [1.29, 1.82) is 0 Å². The minimum absolute atomic E-state index is 0.0233. The molecule has 5 nitrogen and oxygen atoms in total. The van der Waals surface area contributed by atoms with Crippen LogP contribution >= 0.6 is 0 Å². The summed E-state index contributed by atoms with van der Waals surface area (Å²) in [7, 11) is 0. The van der Waals surface area contributed by atoms with Gasteiger partial charge in [-0.2, -0.15) is 0 Å². The van der Waals surface area contributed by atoms with Crippen LogP contribution < -0.4 is 0 Å². The molecular formula is C11H12O5. The Morgan fingerprint density at radius 1 is 1.12 bits per heavy atom. The molecule has 0 aliphatic carbocycles. The lowest BCUT2D eigenvalue weighted by atomic mass is 10.3. The first-order valence-corrected chi connectivity index (χ1v) is 4.30. The Kier molecular flexibility index (Phi) is 5.48. The maximum atomic E-state index is 11.2. The van der Waals surface area contributed by atoms with Gasteiger partial charge in [-0.05, 0) is 13.8 Å². The molecule has 0 aromatic heterocycles. The first kappa shape index (κ1) is 13.8. The Labute approximate surface area is 93.0 Å². The Hall–Kier alpha value is -2.17. The molecule has 16 heavy (non-hydrogen) atoms. The number of hydrogen-bond donors (Lipinski definition) is 0. The Morgan fingerprint density at radius 3 is 2.12 bits per heavy atom. The van der Waals surface area contributed by atoms with E-state index in [1.807, 2.05) is 0 Å². The highest BCUT2D eigenvalue weighted by atomic mass is 16.6. The number of esters is 3. The van der Waals surface area contributed by atoms with Crippen molar-refractivity contribution in [3.63, 3.8) is 0 Å². The van der Waals surface area contributed by atoms with Crippen molar-refractivity contribution < 1.29 is 23.9 Å². The summed E-state index contributed by atoms with van der Waals surface area (Å²) in [5.41, 5.74) is 0.0778. The molecular weight excluding hydrogens is 212 g/mol.